The number of piperidine rings is 1. The molecule has 6 nitrogen and oxygen atoms in total. The smallest absolute Gasteiger partial charge is 0.224 e. The van der Waals surface area contributed by atoms with Crippen molar-refractivity contribution in [2.75, 3.05) is 59.3 Å². The van der Waals surface area contributed by atoms with Gasteiger partial charge in [0.1, 0.15) is 0 Å². The highest BCUT2D eigenvalue weighted by atomic mass is 16.5. The maximum absolute atomic E-state index is 12.0. The zero-order chi connectivity index (χ0) is 18.3. The molecule has 1 saturated heterocycles. The molecule has 0 aromatic carbocycles. The summed E-state index contributed by atoms with van der Waals surface area (Å²) in [5.74, 6) is 0.201. The third kappa shape index (κ3) is 11.8. The average Bonchev–Trinajstić information content (AvgIpc) is 2.58. The molecule has 1 heterocycles. The molecular weight excluding hydrogens is 308 g/mol. The lowest BCUT2D eigenvalue weighted by molar-refractivity contribution is -0.134. The second-order valence-electron chi connectivity index (χ2n) is 6.42. The van der Waals surface area contributed by atoms with Crippen LogP contribution in [0.2, 0.25) is 0 Å². The van der Waals surface area contributed by atoms with Gasteiger partial charge >= 0.3 is 0 Å². The summed E-state index contributed by atoms with van der Waals surface area (Å²) >= 11 is 0. The lowest BCUT2D eigenvalue weighted by Crippen LogP contribution is -2.41. The Morgan fingerprint density at radius 3 is 1.92 bits per heavy atom. The molecule has 1 fully saturated rings. The van der Waals surface area contributed by atoms with Crippen LogP contribution in [0.5, 0.6) is 0 Å². The van der Waals surface area contributed by atoms with Crippen molar-refractivity contribution in [1.29, 1.82) is 0 Å². The zero-order valence-electron chi connectivity index (χ0n) is 16.1. The number of carbonyl (C=O) groups is 1. The first kappa shape index (κ1) is 23.3. The summed E-state index contributed by atoms with van der Waals surface area (Å²) in [5, 5.41) is 0. The number of rotatable bonds is 11. The van der Waals surface area contributed by atoms with E-state index in [1.807, 2.05) is 18.7 Å². The fraction of sp³-hybridized carbons (Fsp3) is 0.944. The first-order valence-electron chi connectivity index (χ1n) is 9.26. The summed E-state index contributed by atoms with van der Waals surface area (Å²) in [6.07, 6.45) is 2.62. The van der Waals surface area contributed by atoms with Gasteiger partial charge in [-0.25, -0.2) is 0 Å². The summed E-state index contributed by atoms with van der Waals surface area (Å²) in [6.45, 7) is 14.0. The van der Waals surface area contributed by atoms with E-state index in [1.165, 1.54) is 0 Å². The summed E-state index contributed by atoms with van der Waals surface area (Å²) in [7, 11) is 0. The highest BCUT2D eigenvalue weighted by molar-refractivity contribution is 5.76. The topological polar surface area (TPSA) is 74.0 Å². The van der Waals surface area contributed by atoms with Gasteiger partial charge in [0.15, 0.2) is 0 Å². The van der Waals surface area contributed by atoms with Gasteiger partial charge in [-0.2, -0.15) is 0 Å². The van der Waals surface area contributed by atoms with E-state index in [-0.39, 0.29) is 7.33 Å². The Labute approximate surface area is 149 Å². The van der Waals surface area contributed by atoms with Crippen LogP contribution in [0, 0.1) is 5.41 Å². The molecule has 6 heteroatoms. The highest BCUT2D eigenvalue weighted by Crippen LogP contribution is 2.29. The van der Waals surface area contributed by atoms with Gasteiger partial charge in [-0.1, -0.05) is 27.7 Å². The van der Waals surface area contributed by atoms with Crippen LogP contribution >= 0.6 is 0 Å². The first-order chi connectivity index (χ1) is 11.5. The molecular formula is C18H40N2O4. The van der Waals surface area contributed by atoms with Crippen molar-refractivity contribution in [3.63, 3.8) is 0 Å². The molecule has 2 N–H and O–H groups in total. The summed E-state index contributed by atoms with van der Waals surface area (Å²) in [6, 6.07) is 0. The molecule has 1 rings (SSSR count). The van der Waals surface area contributed by atoms with E-state index in [1.54, 1.807) is 0 Å². The molecule has 0 aromatic heterocycles. The van der Waals surface area contributed by atoms with Crippen molar-refractivity contribution < 1.29 is 20.4 Å². The minimum atomic E-state index is 0. The third-order valence-corrected chi connectivity index (χ3v) is 3.94. The summed E-state index contributed by atoms with van der Waals surface area (Å²) in [5.41, 5.74) is 5.67. The molecule has 0 aromatic rings. The molecule has 1 aliphatic heterocycles. The van der Waals surface area contributed by atoms with Crippen molar-refractivity contribution >= 4 is 5.91 Å². The molecule has 0 bridgehead atoms. The van der Waals surface area contributed by atoms with E-state index in [0.717, 1.165) is 25.9 Å². The van der Waals surface area contributed by atoms with E-state index in [0.29, 0.717) is 58.0 Å². The van der Waals surface area contributed by atoms with Crippen LogP contribution in [-0.2, 0) is 19.0 Å². The van der Waals surface area contributed by atoms with Gasteiger partial charge < -0.3 is 24.8 Å². The predicted octanol–water partition coefficient (Wildman–Crippen LogP) is 2.31. The number of amides is 1. The van der Waals surface area contributed by atoms with Crippen molar-refractivity contribution in [1.82, 2.24) is 4.90 Å². The number of nitrogens with zero attached hydrogens (tertiary/aromatic N) is 1. The normalized spacial score (nSPS) is 16.5. The average molecular weight is 349 g/mol. The minimum absolute atomic E-state index is 0. The molecule has 0 saturated carbocycles. The Kier molecular flexibility index (Phi) is 14.2. The van der Waals surface area contributed by atoms with Gasteiger partial charge in [-0.15, -0.1) is 0 Å². The van der Waals surface area contributed by atoms with E-state index in [2.05, 4.69) is 13.8 Å². The lowest BCUT2D eigenvalue weighted by Gasteiger charge is -2.37. The van der Waals surface area contributed by atoms with Gasteiger partial charge in [0.25, 0.3) is 0 Å². The standard InChI is InChI=1S/C16H32N2O4.C2H6.H2/c1-16(2)4-7-18(8-5-16)15(19)3-9-20-11-13-22-14-12-21-10-6-17;1-2;/h3-14,17H2,1-2H3;1-2H3;1H. The van der Waals surface area contributed by atoms with Gasteiger partial charge in [0.05, 0.1) is 46.1 Å². The third-order valence-electron chi connectivity index (χ3n) is 3.94. The van der Waals surface area contributed by atoms with Crippen LogP contribution in [0.15, 0.2) is 0 Å². The van der Waals surface area contributed by atoms with Gasteiger partial charge in [-0.05, 0) is 18.3 Å². The van der Waals surface area contributed by atoms with Crippen LogP contribution in [0.3, 0.4) is 0 Å². The highest BCUT2D eigenvalue weighted by Gasteiger charge is 2.27. The molecule has 0 unspecified atom stereocenters. The van der Waals surface area contributed by atoms with Gasteiger partial charge in [0.2, 0.25) is 5.91 Å². The largest absolute Gasteiger partial charge is 0.379 e. The Morgan fingerprint density at radius 2 is 1.42 bits per heavy atom. The maximum atomic E-state index is 12.0. The van der Waals surface area contributed by atoms with Crippen molar-refractivity contribution in [2.45, 2.75) is 47.0 Å². The van der Waals surface area contributed by atoms with Crippen LogP contribution in [0.25, 0.3) is 0 Å². The number of hydrogen-bond acceptors (Lipinski definition) is 5. The number of ether oxygens (including phenoxy) is 3. The molecule has 0 spiro atoms. The SMILES string of the molecule is CC.CC1(C)CCN(C(=O)CCOCCOCCOCCN)CC1.[HH]. The second kappa shape index (κ2) is 14.6. The number of hydrogen-bond donors (Lipinski definition) is 1. The Hall–Kier alpha value is -0.690. The summed E-state index contributed by atoms with van der Waals surface area (Å²) in [4.78, 5) is 14.0. The molecule has 0 atom stereocenters. The fourth-order valence-electron chi connectivity index (χ4n) is 2.30. The molecule has 0 radical (unpaired) electrons. The number of likely N-dealkylation sites (tertiary alicyclic amines) is 1. The lowest BCUT2D eigenvalue weighted by atomic mass is 9.82. The van der Waals surface area contributed by atoms with Crippen LogP contribution in [-0.4, -0.2) is 70.1 Å². The summed E-state index contributed by atoms with van der Waals surface area (Å²) < 4.78 is 16.0. The fourth-order valence-corrected chi connectivity index (χ4v) is 2.30. The molecule has 24 heavy (non-hydrogen) atoms. The molecule has 1 amide bonds. The number of nitrogens with two attached hydrogens (primary N) is 1. The first-order valence-corrected chi connectivity index (χ1v) is 9.26. The van der Waals surface area contributed by atoms with Gasteiger partial charge in [0, 0.05) is 21.1 Å². The van der Waals surface area contributed by atoms with Gasteiger partial charge in [-0.3, -0.25) is 4.79 Å². The quantitative estimate of drug-likeness (QED) is 0.580. The second-order valence-corrected chi connectivity index (χ2v) is 6.42. The predicted molar refractivity (Wildman–Crippen MR) is 99.2 cm³/mol. The van der Waals surface area contributed by atoms with E-state index in [9.17, 15) is 4.79 Å². The van der Waals surface area contributed by atoms with E-state index >= 15 is 0 Å². The van der Waals surface area contributed by atoms with Crippen LogP contribution in [0.4, 0.5) is 0 Å². The van der Waals surface area contributed by atoms with Crippen molar-refractivity contribution in [3.8, 4) is 0 Å². The van der Waals surface area contributed by atoms with E-state index in [4.69, 9.17) is 19.9 Å². The minimum Gasteiger partial charge on any atom is -0.379 e. The Bertz CT molecular complexity index is 307. The molecule has 0 aliphatic carbocycles. The zero-order valence-corrected chi connectivity index (χ0v) is 16.1. The molecule has 1 aliphatic rings. The monoisotopic (exact) mass is 348 g/mol. The molecule has 146 valence electrons. The van der Waals surface area contributed by atoms with Crippen molar-refractivity contribution in [3.05, 3.63) is 0 Å². The Morgan fingerprint density at radius 1 is 0.958 bits per heavy atom. The number of carbonyl (C=O) groups excluding carboxylic acids is 1. The van der Waals surface area contributed by atoms with Crippen molar-refractivity contribution in [2.24, 2.45) is 11.1 Å². The Balaban J connectivity index is 0. The van der Waals surface area contributed by atoms with Crippen LogP contribution in [0.1, 0.15) is 48.4 Å². The van der Waals surface area contributed by atoms with E-state index < -0.39 is 0 Å². The van der Waals surface area contributed by atoms with Crippen LogP contribution < -0.4 is 5.73 Å². The maximum Gasteiger partial charge on any atom is 0.224 e.